The van der Waals surface area contributed by atoms with Crippen LogP contribution in [-0.2, 0) is 43.9 Å². The van der Waals surface area contributed by atoms with Gasteiger partial charge >= 0.3 is 13.5 Å². The number of rotatable bonds is 2. The highest BCUT2D eigenvalue weighted by molar-refractivity contribution is 8.44. The van der Waals surface area contributed by atoms with Crippen LogP contribution in [0, 0.1) is 0 Å². The van der Waals surface area contributed by atoms with Gasteiger partial charge in [0.15, 0.2) is 40.6 Å². The minimum Gasteiger partial charge on any atom is -0.387 e. The number of nitrogen functional groups attached to an aromatic ring is 2. The molecular weight excluding hydrogens is 684 g/mol. The summed E-state index contributed by atoms with van der Waals surface area (Å²) in [6, 6.07) is 0. The molecule has 8 N–H and O–H groups in total. The minimum atomic E-state index is -4.38. The first-order valence-corrected chi connectivity index (χ1v) is 18.1. The Balaban J connectivity index is 1.21. The zero-order valence-electron chi connectivity index (χ0n) is 22.3. The summed E-state index contributed by atoms with van der Waals surface area (Å²) < 4.78 is 50.1. The van der Waals surface area contributed by atoms with Crippen molar-refractivity contribution in [3.05, 3.63) is 23.0 Å². The number of fused-ring (bicyclic) bond motifs is 5. The molecule has 7 unspecified atom stereocenters. The van der Waals surface area contributed by atoms with E-state index in [1.807, 2.05) is 0 Å². The molecule has 10 atom stereocenters. The van der Waals surface area contributed by atoms with Crippen LogP contribution in [-0.4, -0.2) is 109 Å². The molecule has 2 bridgehead atoms. The van der Waals surface area contributed by atoms with Crippen LogP contribution in [0.1, 0.15) is 12.5 Å². The summed E-state index contributed by atoms with van der Waals surface area (Å²) in [6.07, 6.45) is -8.91. The second-order valence-electron chi connectivity index (χ2n) is 10.0. The maximum Gasteiger partial charge on any atom is 0.386 e. The lowest BCUT2D eigenvalue weighted by Crippen LogP contribution is -2.36. The standard InChI is InChI=1S/C19H23N11O11P2S2/c20-13-7-14(23-3-22-13)30(28-27-7)17-10(32)11-6(39-17)2-37-43(35,45)41-12-9(31)5(1-36-42(34,44)40-11)38-18(12)29-4-24-8-15(29)25-19(21)26-16(8)33/h3-6,9-12,17-18,31-32H,1-2H2,(H,34,44)(H,35,45)(H2,20,22,23)(H3,21,25,26,33)/t5-,6-,9?,10?,11?,12?,17?,18-,42?,43?/m1/s1. The molecule has 0 saturated carbocycles. The number of aliphatic hydroxyl groups is 2. The Morgan fingerprint density at radius 1 is 1.00 bits per heavy atom. The lowest BCUT2D eigenvalue weighted by Gasteiger charge is -2.27. The van der Waals surface area contributed by atoms with Crippen LogP contribution in [0.5, 0.6) is 0 Å². The quantitative estimate of drug-likeness (QED) is 0.0884. The minimum absolute atomic E-state index is 0.0281. The topological polar surface area (TPSA) is 305 Å². The van der Waals surface area contributed by atoms with E-state index in [2.05, 4.69) is 47.5 Å². The molecule has 4 aromatic heterocycles. The van der Waals surface area contributed by atoms with Crippen molar-refractivity contribution in [3.8, 4) is 0 Å². The van der Waals surface area contributed by atoms with Gasteiger partial charge in [0.05, 0.1) is 19.5 Å². The fourth-order valence-corrected chi connectivity index (χ4v) is 8.07. The van der Waals surface area contributed by atoms with Gasteiger partial charge in [-0.15, -0.1) is 5.10 Å². The number of ether oxygens (including phenoxy) is 2. The first kappa shape index (κ1) is 30.9. The molecule has 22 nitrogen and oxygen atoms in total. The zero-order valence-corrected chi connectivity index (χ0v) is 25.8. The summed E-state index contributed by atoms with van der Waals surface area (Å²) in [6.45, 7) is -9.75. The number of anilines is 2. The highest BCUT2D eigenvalue weighted by Crippen LogP contribution is 2.58. The van der Waals surface area contributed by atoms with E-state index in [4.69, 9.17) is 50.8 Å². The molecule has 242 valence electrons. The van der Waals surface area contributed by atoms with E-state index in [1.165, 1.54) is 10.9 Å². The van der Waals surface area contributed by atoms with Crippen LogP contribution in [0.4, 0.5) is 11.8 Å². The van der Waals surface area contributed by atoms with Crippen LogP contribution in [0.15, 0.2) is 17.4 Å². The number of aromatic amines is 1. The van der Waals surface area contributed by atoms with Gasteiger partial charge in [-0.2, -0.15) is 9.67 Å². The summed E-state index contributed by atoms with van der Waals surface area (Å²) in [5.74, 6) is -0.199. The third-order valence-corrected chi connectivity index (χ3v) is 10.4. The van der Waals surface area contributed by atoms with Crippen molar-refractivity contribution in [3.63, 3.8) is 0 Å². The molecule has 3 aliphatic rings. The highest BCUT2D eigenvalue weighted by Gasteiger charge is 2.53. The van der Waals surface area contributed by atoms with Crippen molar-refractivity contribution in [1.29, 1.82) is 0 Å². The second kappa shape index (κ2) is 11.2. The maximum atomic E-state index is 13.5. The van der Waals surface area contributed by atoms with Crippen LogP contribution in [0.3, 0.4) is 0 Å². The molecule has 45 heavy (non-hydrogen) atoms. The number of aromatic nitrogens is 9. The molecule has 0 spiro atoms. The molecule has 3 fully saturated rings. The maximum absolute atomic E-state index is 13.5. The van der Waals surface area contributed by atoms with Gasteiger partial charge in [0.2, 0.25) is 5.95 Å². The van der Waals surface area contributed by atoms with E-state index < -0.39 is 81.4 Å². The average molecular weight is 708 g/mol. The summed E-state index contributed by atoms with van der Waals surface area (Å²) in [5, 5.41) is 30.2. The Morgan fingerprint density at radius 3 is 2.56 bits per heavy atom. The number of aliphatic hydroxyl groups excluding tert-OH is 2. The summed E-state index contributed by atoms with van der Waals surface area (Å²) in [4.78, 5) is 41.6. The predicted molar refractivity (Wildman–Crippen MR) is 155 cm³/mol. The summed E-state index contributed by atoms with van der Waals surface area (Å²) in [5.41, 5.74) is 11.0. The van der Waals surface area contributed by atoms with Gasteiger partial charge in [-0.25, -0.2) is 19.5 Å². The predicted octanol–water partition coefficient (Wildman–Crippen LogP) is -1.89. The Labute approximate surface area is 259 Å². The van der Waals surface area contributed by atoms with Crippen LogP contribution in [0.2, 0.25) is 0 Å². The fourth-order valence-electron chi connectivity index (χ4n) is 5.17. The summed E-state index contributed by atoms with van der Waals surface area (Å²) in [7, 11) is 0. The van der Waals surface area contributed by atoms with Crippen molar-refractivity contribution in [2.45, 2.75) is 49.1 Å². The molecule has 3 saturated heterocycles. The van der Waals surface area contributed by atoms with Gasteiger partial charge in [0, 0.05) is 0 Å². The third-order valence-electron chi connectivity index (χ3n) is 7.19. The van der Waals surface area contributed by atoms with Gasteiger partial charge in [-0.05, 0) is 11.8 Å². The Kier molecular flexibility index (Phi) is 7.71. The molecule has 7 heterocycles. The Morgan fingerprint density at radius 2 is 1.76 bits per heavy atom. The molecule has 4 aromatic rings. The van der Waals surface area contributed by atoms with Gasteiger partial charge in [0.1, 0.15) is 43.0 Å². The number of nitrogens with one attached hydrogen (secondary N) is 1. The number of hydrogen-bond acceptors (Lipinski definition) is 19. The molecule has 0 radical (unpaired) electrons. The lowest BCUT2D eigenvalue weighted by atomic mass is 10.1. The number of imidazole rings is 1. The second-order valence-corrected chi connectivity index (χ2v) is 15.7. The van der Waals surface area contributed by atoms with Crippen molar-refractivity contribution in [1.82, 2.24) is 44.5 Å². The molecule has 3 aliphatic heterocycles. The van der Waals surface area contributed by atoms with E-state index in [0.717, 1.165) is 11.0 Å². The van der Waals surface area contributed by atoms with Crippen LogP contribution < -0.4 is 17.0 Å². The molecule has 0 amide bonds. The first-order chi connectivity index (χ1) is 21.3. The van der Waals surface area contributed by atoms with E-state index in [0.29, 0.717) is 0 Å². The van der Waals surface area contributed by atoms with Crippen molar-refractivity contribution < 1.29 is 47.2 Å². The molecular formula is C19H23N11O11P2S2. The number of nitrogens with zero attached hydrogens (tertiary/aromatic N) is 8. The highest BCUT2D eigenvalue weighted by atomic mass is 32.7. The monoisotopic (exact) mass is 707 g/mol. The third kappa shape index (κ3) is 5.54. The average Bonchev–Trinajstić information content (AvgIpc) is 3.72. The SMILES string of the molecule is Nc1nc2c(ncn2[C@@H]2O[C@@H]3COP(O)(=S)OC4C(O)C(n5nnc6c(N)ncnc65)O[C@@H]4COP(=O)(S)OC2C3O)c(=O)[nH]1. The van der Waals surface area contributed by atoms with E-state index in [-0.39, 0.29) is 34.1 Å². The normalized spacial score (nSPS) is 37.7. The number of nitrogens with two attached hydrogens (primary N) is 2. The number of thiol groups is 1. The van der Waals surface area contributed by atoms with E-state index in [1.54, 1.807) is 0 Å². The molecule has 0 aliphatic carbocycles. The van der Waals surface area contributed by atoms with E-state index >= 15 is 0 Å². The van der Waals surface area contributed by atoms with Gasteiger partial charge < -0.3 is 40.6 Å². The summed E-state index contributed by atoms with van der Waals surface area (Å²) >= 11 is 9.26. The van der Waals surface area contributed by atoms with Crippen molar-refractivity contribution in [2.75, 3.05) is 24.7 Å². The Bertz CT molecular complexity index is 1940. The van der Waals surface area contributed by atoms with Gasteiger partial charge in [0.25, 0.3) is 5.56 Å². The molecule has 0 aromatic carbocycles. The first-order valence-electron chi connectivity index (χ1n) is 12.8. The van der Waals surface area contributed by atoms with Crippen LogP contribution >= 0.6 is 25.8 Å². The van der Waals surface area contributed by atoms with Gasteiger partial charge in [-0.1, -0.05) is 17.5 Å². The van der Waals surface area contributed by atoms with Gasteiger partial charge in [-0.3, -0.25) is 27.9 Å². The lowest BCUT2D eigenvalue weighted by molar-refractivity contribution is -0.0615. The zero-order chi connectivity index (χ0) is 31.8. The number of hydrogen-bond donors (Lipinski definition) is 7. The molecule has 7 rings (SSSR count). The van der Waals surface area contributed by atoms with Crippen molar-refractivity contribution >= 4 is 71.7 Å². The largest absolute Gasteiger partial charge is 0.387 e. The fraction of sp³-hybridized carbons (Fsp3) is 0.526. The number of H-pyrrole nitrogens is 1. The van der Waals surface area contributed by atoms with Crippen LogP contribution in [0.25, 0.3) is 22.3 Å². The van der Waals surface area contributed by atoms with Crippen molar-refractivity contribution in [2.24, 2.45) is 0 Å². The smallest absolute Gasteiger partial charge is 0.386 e. The Hall–Kier alpha value is -2.70. The van der Waals surface area contributed by atoms with E-state index in [9.17, 15) is 24.5 Å². The molecule has 26 heteroatoms.